The van der Waals surface area contributed by atoms with Crippen LogP contribution in [-0.2, 0) is 14.8 Å². The normalized spacial score (nSPS) is 23.2. The standard InChI is InChI=1S/C15H19ClN2O3S/c16-12-7-6-11(8-14(12)22(17,19)20)15-18-13(9-21-15)10-4-2-1-3-5-10/h6-8,10,13H,1-5,9H2,(H2,17,19,20). The lowest BCUT2D eigenvalue weighted by atomic mass is 9.84. The van der Waals surface area contributed by atoms with Crippen LogP contribution in [0.1, 0.15) is 37.7 Å². The van der Waals surface area contributed by atoms with E-state index in [0.29, 0.717) is 24.0 Å². The minimum absolute atomic E-state index is 0.0981. The number of sulfonamides is 1. The zero-order valence-electron chi connectivity index (χ0n) is 12.2. The molecule has 1 aromatic carbocycles. The molecule has 0 bridgehead atoms. The highest BCUT2D eigenvalue weighted by Crippen LogP contribution is 2.31. The Labute approximate surface area is 135 Å². The predicted molar refractivity (Wildman–Crippen MR) is 85.7 cm³/mol. The molecule has 7 heteroatoms. The first-order chi connectivity index (χ1) is 10.4. The molecule has 1 heterocycles. The maximum Gasteiger partial charge on any atom is 0.239 e. The summed E-state index contributed by atoms with van der Waals surface area (Å²) in [5.74, 6) is 1.05. The van der Waals surface area contributed by atoms with E-state index in [0.717, 1.165) is 0 Å². The van der Waals surface area contributed by atoms with E-state index in [9.17, 15) is 8.42 Å². The Balaban J connectivity index is 1.85. The molecular formula is C15H19ClN2O3S. The van der Waals surface area contributed by atoms with Crippen LogP contribution in [0.15, 0.2) is 28.1 Å². The molecule has 1 unspecified atom stereocenters. The predicted octanol–water partition coefficient (Wildman–Crippen LogP) is 2.71. The van der Waals surface area contributed by atoms with E-state index in [1.165, 1.54) is 44.2 Å². The van der Waals surface area contributed by atoms with Crippen molar-refractivity contribution in [2.45, 2.75) is 43.0 Å². The largest absolute Gasteiger partial charge is 0.475 e. The third kappa shape index (κ3) is 3.29. The minimum Gasteiger partial charge on any atom is -0.475 e. The average Bonchev–Trinajstić information content (AvgIpc) is 2.97. The second kappa shape index (κ2) is 6.18. The number of rotatable bonds is 3. The van der Waals surface area contributed by atoms with Crippen LogP contribution in [0.4, 0.5) is 0 Å². The lowest BCUT2D eigenvalue weighted by Crippen LogP contribution is -2.22. The fourth-order valence-electron chi connectivity index (χ4n) is 3.16. The van der Waals surface area contributed by atoms with Crippen LogP contribution in [-0.4, -0.2) is 27.0 Å². The lowest BCUT2D eigenvalue weighted by molar-refractivity contribution is 0.240. The van der Waals surface area contributed by atoms with Crippen LogP contribution in [0.5, 0.6) is 0 Å². The monoisotopic (exact) mass is 342 g/mol. The highest BCUT2D eigenvalue weighted by Gasteiger charge is 2.29. The van der Waals surface area contributed by atoms with E-state index in [1.54, 1.807) is 6.07 Å². The Morgan fingerprint density at radius 2 is 1.95 bits per heavy atom. The van der Waals surface area contributed by atoms with Crippen LogP contribution in [0.25, 0.3) is 0 Å². The summed E-state index contributed by atoms with van der Waals surface area (Å²) in [7, 11) is -3.86. The Hall–Kier alpha value is -1.11. The van der Waals surface area contributed by atoms with Gasteiger partial charge in [-0.05, 0) is 37.0 Å². The molecule has 0 aromatic heterocycles. The van der Waals surface area contributed by atoms with Crippen molar-refractivity contribution in [3.05, 3.63) is 28.8 Å². The number of hydrogen-bond acceptors (Lipinski definition) is 4. The number of benzene rings is 1. The third-order valence-electron chi connectivity index (χ3n) is 4.35. The topological polar surface area (TPSA) is 81.8 Å². The van der Waals surface area contributed by atoms with Crippen molar-refractivity contribution in [2.75, 3.05) is 6.61 Å². The Bertz CT molecular complexity index is 697. The molecule has 1 aromatic rings. The van der Waals surface area contributed by atoms with Gasteiger partial charge in [-0.25, -0.2) is 18.5 Å². The van der Waals surface area contributed by atoms with Gasteiger partial charge in [0.15, 0.2) is 0 Å². The molecule has 0 spiro atoms. The SMILES string of the molecule is NS(=O)(=O)c1cc(C2=NC(C3CCCCC3)CO2)ccc1Cl. The van der Waals surface area contributed by atoms with Gasteiger partial charge in [-0.3, -0.25) is 0 Å². The Morgan fingerprint density at radius 1 is 1.23 bits per heavy atom. The summed E-state index contributed by atoms with van der Waals surface area (Å²) in [5.41, 5.74) is 0.603. The first-order valence-electron chi connectivity index (χ1n) is 7.48. The fraction of sp³-hybridized carbons (Fsp3) is 0.533. The highest BCUT2D eigenvalue weighted by atomic mass is 35.5. The van der Waals surface area contributed by atoms with Crippen molar-refractivity contribution in [1.29, 1.82) is 0 Å². The number of nitrogens with zero attached hydrogens (tertiary/aromatic N) is 1. The molecule has 1 aliphatic heterocycles. The summed E-state index contributed by atoms with van der Waals surface area (Å²) >= 11 is 5.90. The maximum atomic E-state index is 11.5. The molecule has 1 aliphatic carbocycles. The van der Waals surface area contributed by atoms with Gasteiger partial charge in [-0.2, -0.15) is 0 Å². The van der Waals surface area contributed by atoms with Gasteiger partial charge in [0.1, 0.15) is 11.5 Å². The van der Waals surface area contributed by atoms with Crippen LogP contribution < -0.4 is 5.14 Å². The number of aliphatic imine (C=N–C) groups is 1. The first-order valence-corrected chi connectivity index (χ1v) is 9.41. The first kappa shape index (κ1) is 15.8. The van der Waals surface area contributed by atoms with Gasteiger partial charge in [0.25, 0.3) is 0 Å². The Morgan fingerprint density at radius 3 is 2.64 bits per heavy atom. The second-order valence-corrected chi connectivity index (χ2v) is 7.84. The van der Waals surface area contributed by atoms with Crippen molar-refractivity contribution in [3.8, 4) is 0 Å². The quantitative estimate of drug-likeness (QED) is 0.916. The van der Waals surface area contributed by atoms with Crippen LogP contribution >= 0.6 is 11.6 Å². The molecular weight excluding hydrogens is 324 g/mol. The van der Waals surface area contributed by atoms with Crippen LogP contribution in [0, 0.1) is 5.92 Å². The number of primary sulfonamides is 1. The molecule has 22 heavy (non-hydrogen) atoms. The smallest absolute Gasteiger partial charge is 0.239 e. The van der Waals surface area contributed by atoms with E-state index >= 15 is 0 Å². The van der Waals surface area contributed by atoms with E-state index in [-0.39, 0.29) is 16.0 Å². The zero-order chi connectivity index (χ0) is 15.7. The summed E-state index contributed by atoms with van der Waals surface area (Å²) < 4.78 is 28.8. The van der Waals surface area contributed by atoms with E-state index in [4.69, 9.17) is 21.5 Å². The van der Waals surface area contributed by atoms with Crippen molar-refractivity contribution < 1.29 is 13.2 Å². The van der Waals surface area contributed by atoms with Gasteiger partial charge in [0.05, 0.1) is 11.1 Å². The van der Waals surface area contributed by atoms with Gasteiger partial charge in [-0.1, -0.05) is 30.9 Å². The number of ether oxygens (including phenoxy) is 1. The van der Waals surface area contributed by atoms with Crippen molar-refractivity contribution in [2.24, 2.45) is 16.0 Å². The summed E-state index contributed by atoms with van der Waals surface area (Å²) in [6, 6.07) is 4.82. The maximum absolute atomic E-state index is 11.5. The van der Waals surface area contributed by atoms with E-state index in [2.05, 4.69) is 4.99 Å². The summed E-state index contributed by atoms with van der Waals surface area (Å²) in [5, 5.41) is 5.28. The Kier molecular flexibility index (Phi) is 4.43. The van der Waals surface area contributed by atoms with E-state index < -0.39 is 10.0 Å². The molecule has 1 fully saturated rings. The molecule has 0 saturated heterocycles. The average molecular weight is 343 g/mol. The highest BCUT2D eigenvalue weighted by molar-refractivity contribution is 7.89. The molecule has 3 rings (SSSR count). The van der Waals surface area contributed by atoms with Gasteiger partial charge in [0, 0.05) is 5.56 Å². The van der Waals surface area contributed by atoms with Crippen LogP contribution in [0.3, 0.4) is 0 Å². The second-order valence-electron chi connectivity index (χ2n) is 5.90. The molecule has 1 saturated carbocycles. The third-order valence-corrected chi connectivity index (χ3v) is 5.75. The number of nitrogens with two attached hydrogens (primary N) is 1. The molecule has 1 atom stereocenters. The zero-order valence-corrected chi connectivity index (χ0v) is 13.7. The van der Waals surface area contributed by atoms with E-state index in [1.807, 2.05) is 0 Å². The molecule has 2 aliphatic rings. The van der Waals surface area contributed by atoms with Gasteiger partial charge in [0.2, 0.25) is 15.9 Å². The molecule has 0 amide bonds. The molecule has 120 valence electrons. The van der Waals surface area contributed by atoms with Gasteiger partial charge >= 0.3 is 0 Å². The summed E-state index contributed by atoms with van der Waals surface area (Å²) in [6.07, 6.45) is 6.18. The lowest BCUT2D eigenvalue weighted by Gasteiger charge is -2.24. The number of halogens is 1. The summed E-state index contributed by atoms with van der Waals surface area (Å²) in [6.45, 7) is 0.563. The summed E-state index contributed by atoms with van der Waals surface area (Å²) in [4.78, 5) is 4.55. The molecule has 2 N–H and O–H groups in total. The number of hydrogen-bond donors (Lipinski definition) is 1. The van der Waals surface area contributed by atoms with Crippen molar-refractivity contribution in [1.82, 2.24) is 0 Å². The minimum atomic E-state index is -3.86. The van der Waals surface area contributed by atoms with Crippen molar-refractivity contribution in [3.63, 3.8) is 0 Å². The molecule has 5 nitrogen and oxygen atoms in total. The van der Waals surface area contributed by atoms with Gasteiger partial charge in [-0.15, -0.1) is 0 Å². The van der Waals surface area contributed by atoms with Gasteiger partial charge < -0.3 is 4.74 Å². The molecule has 0 radical (unpaired) electrons. The van der Waals surface area contributed by atoms with Crippen molar-refractivity contribution >= 4 is 27.5 Å². The fourth-order valence-corrected chi connectivity index (χ4v) is 4.23. The van der Waals surface area contributed by atoms with Crippen LogP contribution in [0.2, 0.25) is 5.02 Å².